The third-order valence-corrected chi connectivity index (χ3v) is 6.51. The maximum atomic E-state index is 13.2. The minimum absolute atomic E-state index is 0.0533. The standard InChI is InChI=1S/C19H20N2O5S/c22-19(20-13-7-1-2-8-14-20)15-9-3-5-11-17(15)27(25,26)18-12-6-4-10-16(18)21(23)24/h3-6,9-12H,1-2,7-8,13-14H2. The molecular weight excluding hydrogens is 368 g/mol. The monoisotopic (exact) mass is 388 g/mol. The lowest BCUT2D eigenvalue weighted by molar-refractivity contribution is -0.387. The van der Waals surface area contributed by atoms with Gasteiger partial charge in [-0.05, 0) is 31.0 Å². The molecule has 0 atom stereocenters. The van der Waals surface area contributed by atoms with Gasteiger partial charge in [-0.15, -0.1) is 0 Å². The Bertz CT molecular complexity index is 964. The summed E-state index contributed by atoms with van der Waals surface area (Å²) in [4.78, 5) is 24.6. The highest BCUT2D eigenvalue weighted by Gasteiger charge is 2.31. The van der Waals surface area contributed by atoms with Crippen LogP contribution < -0.4 is 0 Å². The van der Waals surface area contributed by atoms with Crippen LogP contribution in [-0.2, 0) is 9.84 Å². The lowest BCUT2D eigenvalue weighted by Crippen LogP contribution is -2.32. The molecule has 3 rings (SSSR count). The Morgan fingerprint density at radius 2 is 1.44 bits per heavy atom. The summed E-state index contributed by atoms with van der Waals surface area (Å²) in [6.07, 6.45) is 3.84. The van der Waals surface area contributed by atoms with Crippen molar-refractivity contribution in [1.29, 1.82) is 0 Å². The third kappa shape index (κ3) is 3.85. The van der Waals surface area contributed by atoms with Gasteiger partial charge in [-0.1, -0.05) is 37.1 Å². The van der Waals surface area contributed by atoms with Gasteiger partial charge in [0.1, 0.15) is 4.90 Å². The Kier molecular flexibility index (Phi) is 5.55. The van der Waals surface area contributed by atoms with Crippen molar-refractivity contribution in [3.63, 3.8) is 0 Å². The van der Waals surface area contributed by atoms with Crippen LogP contribution >= 0.6 is 0 Å². The zero-order chi connectivity index (χ0) is 19.4. The van der Waals surface area contributed by atoms with Gasteiger partial charge < -0.3 is 4.90 Å². The smallest absolute Gasteiger partial charge is 0.288 e. The summed E-state index contributed by atoms with van der Waals surface area (Å²) in [7, 11) is -4.23. The van der Waals surface area contributed by atoms with E-state index in [0.29, 0.717) is 13.1 Å². The van der Waals surface area contributed by atoms with E-state index in [4.69, 9.17) is 0 Å². The molecule has 1 heterocycles. The summed E-state index contributed by atoms with van der Waals surface area (Å²) < 4.78 is 26.3. The Morgan fingerprint density at radius 1 is 0.889 bits per heavy atom. The van der Waals surface area contributed by atoms with Crippen molar-refractivity contribution in [2.24, 2.45) is 0 Å². The van der Waals surface area contributed by atoms with Gasteiger partial charge in [0.2, 0.25) is 9.84 Å². The molecule has 1 aliphatic heterocycles. The molecule has 1 fully saturated rings. The maximum absolute atomic E-state index is 13.2. The van der Waals surface area contributed by atoms with Crippen LogP contribution in [-0.4, -0.2) is 37.2 Å². The van der Waals surface area contributed by atoms with Crippen molar-refractivity contribution in [2.75, 3.05) is 13.1 Å². The predicted molar refractivity (Wildman–Crippen MR) is 99.4 cm³/mol. The van der Waals surface area contributed by atoms with E-state index >= 15 is 0 Å². The van der Waals surface area contributed by atoms with Crippen LogP contribution in [0.4, 0.5) is 5.69 Å². The van der Waals surface area contributed by atoms with E-state index in [1.807, 2.05) is 0 Å². The van der Waals surface area contributed by atoms with Gasteiger partial charge in [0.15, 0.2) is 0 Å². The second-order valence-corrected chi connectivity index (χ2v) is 8.32. The number of hydrogen-bond donors (Lipinski definition) is 0. The fourth-order valence-corrected chi connectivity index (χ4v) is 4.89. The topological polar surface area (TPSA) is 97.6 Å². The highest BCUT2D eigenvalue weighted by molar-refractivity contribution is 7.91. The van der Waals surface area contributed by atoms with Crippen LogP contribution in [0.25, 0.3) is 0 Å². The minimum Gasteiger partial charge on any atom is -0.339 e. The number of nitro groups is 1. The molecule has 142 valence electrons. The van der Waals surface area contributed by atoms with Crippen LogP contribution in [0.3, 0.4) is 0 Å². The van der Waals surface area contributed by atoms with Gasteiger partial charge in [0.25, 0.3) is 11.6 Å². The fourth-order valence-electron chi connectivity index (χ4n) is 3.28. The minimum atomic E-state index is -4.23. The maximum Gasteiger partial charge on any atom is 0.288 e. The molecule has 2 aromatic carbocycles. The summed E-state index contributed by atoms with van der Waals surface area (Å²) in [5.74, 6) is -0.352. The Balaban J connectivity index is 2.08. The quantitative estimate of drug-likeness (QED) is 0.590. The first-order chi connectivity index (χ1) is 12.9. The van der Waals surface area contributed by atoms with E-state index in [2.05, 4.69) is 0 Å². The summed E-state index contributed by atoms with van der Waals surface area (Å²) in [5.41, 5.74) is -0.452. The molecule has 0 saturated carbocycles. The number of amides is 1. The van der Waals surface area contributed by atoms with E-state index in [0.717, 1.165) is 31.7 Å². The average Bonchev–Trinajstić information content (AvgIpc) is 2.97. The van der Waals surface area contributed by atoms with Crippen molar-refractivity contribution in [1.82, 2.24) is 4.90 Å². The highest BCUT2D eigenvalue weighted by Crippen LogP contribution is 2.31. The van der Waals surface area contributed by atoms with Gasteiger partial charge in [0.05, 0.1) is 15.4 Å². The molecule has 0 aliphatic carbocycles. The van der Waals surface area contributed by atoms with Crippen molar-refractivity contribution in [3.8, 4) is 0 Å². The van der Waals surface area contributed by atoms with Crippen LogP contribution in [0.1, 0.15) is 36.0 Å². The van der Waals surface area contributed by atoms with Crippen molar-refractivity contribution in [2.45, 2.75) is 35.5 Å². The number of nitro benzene ring substituents is 1. The Morgan fingerprint density at radius 3 is 2.07 bits per heavy atom. The zero-order valence-electron chi connectivity index (χ0n) is 14.7. The van der Waals surface area contributed by atoms with Gasteiger partial charge in [0, 0.05) is 19.2 Å². The van der Waals surface area contributed by atoms with Crippen LogP contribution in [0.5, 0.6) is 0 Å². The molecule has 2 aromatic rings. The molecule has 0 bridgehead atoms. The first-order valence-corrected chi connectivity index (χ1v) is 10.3. The molecule has 1 saturated heterocycles. The number of nitrogens with zero attached hydrogens (tertiary/aromatic N) is 2. The Hall–Kier alpha value is -2.74. The number of carbonyl (C=O) groups is 1. The van der Waals surface area contributed by atoms with E-state index < -0.39 is 25.3 Å². The molecular formula is C19H20N2O5S. The van der Waals surface area contributed by atoms with Crippen molar-refractivity contribution in [3.05, 3.63) is 64.2 Å². The number of sulfone groups is 1. The number of benzene rings is 2. The predicted octanol–water partition coefficient (Wildman–Crippen LogP) is 3.44. The molecule has 8 heteroatoms. The summed E-state index contributed by atoms with van der Waals surface area (Å²) in [5, 5.41) is 11.3. The molecule has 0 unspecified atom stereocenters. The number of para-hydroxylation sites is 1. The lowest BCUT2D eigenvalue weighted by Gasteiger charge is -2.21. The molecule has 1 amide bonds. The normalized spacial score (nSPS) is 15.2. The average molecular weight is 388 g/mol. The third-order valence-electron chi connectivity index (χ3n) is 4.65. The van der Waals surface area contributed by atoms with Crippen molar-refractivity contribution < 1.29 is 18.1 Å². The van der Waals surface area contributed by atoms with Gasteiger partial charge in [-0.25, -0.2) is 8.42 Å². The zero-order valence-corrected chi connectivity index (χ0v) is 15.5. The molecule has 27 heavy (non-hydrogen) atoms. The first-order valence-electron chi connectivity index (χ1n) is 8.80. The molecule has 0 radical (unpaired) electrons. The summed E-state index contributed by atoms with van der Waals surface area (Å²) >= 11 is 0. The van der Waals surface area contributed by atoms with E-state index in [1.54, 1.807) is 11.0 Å². The van der Waals surface area contributed by atoms with Crippen LogP contribution in [0, 0.1) is 10.1 Å². The van der Waals surface area contributed by atoms with Gasteiger partial charge in [-0.2, -0.15) is 0 Å². The largest absolute Gasteiger partial charge is 0.339 e. The fraction of sp³-hybridized carbons (Fsp3) is 0.316. The summed E-state index contributed by atoms with van der Waals surface area (Å²) in [6, 6.07) is 11.1. The first kappa shape index (κ1) is 19.0. The van der Waals surface area contributed by atoms with E-state index in [9.17, 15) is 23.3 Å². The number of hydrogen-bond acceptors (Lipinski definition) is 5. The SMILES string of the molecule is O=C(c1ccccc1S(=O)(=O)c1ccccc1[N+](=O)[O-])N1CCCCCC1. The second-order valence-electron chi connectivity index (χ2n) is 6.43. The van der Waals surface area contributed by atoms with E-state index in [-0.39, 0.29) is 16.4 Å². The van der Waals surface area contributed by atoms with Gasteiger partial charge in [-0.3, -0.25) is 14.9 Å². The second kappa shape index (κ2) is 7.87. The summed E-state index contributed by atoms with van der Waals surface area (Å²) in [6.45, 7) is 1.16. The van der Waals surface area contributed by atoms with Crippen LogP contribution in [0.2, 0.25) is 0 Å². The molecule has 0 spiro atoms. The lowest BCUT2D eigenvalue weighted by atomic mass is 10.2. The number of likely N-dealkylation sites (tertiary alicyclic amines) is 1. The van der Waals surface area contributed by atoms with Crippen molar-refractivity contribution >= 4 is 21.4 Å². The van der Waals surface area contributed by atoms with Gasteiger partial charge >= 0.3 is 0 Å². The molecule has 0 aromatic heterocycles. The number of rotatable bonds is 4. The highest BCUT2D eigenvalue weighted by atomic mass is 32.2. The van der Waals surface area contributed by atoms with Crippen LogP contribution in [0.15, 0.2) is 58.3 Å². The molecule has 0 N–H and O–H groups in total. The Labute approximate surface area is 157 Å². The molecule has 1 aliphatic rings. The van der Waals surface area contributed by atoms with E-state index in [1.165, 1.54) is 36.4 Å². The number of carbonyl (C=O) groups excluding carboxylic acids is 1. The molecule has 7 nitrogen and oxygen atoms in total.